The fourth-order valence-corrected chi connectivity index (χ4v) is 1.76. The van der Waals surface area contributed by atoms with E-state index in [1.165, 1.54) is 24.3 Å². The average Bonchev–Trinajstić information content (AvgIpc) is 2.43. The van der Waals surface area contributed by atoms with Gasteiger partial charge in [-0.25, -0.2) is 4.39 Å². The number of halogens is 1. The van der Waals surface area contributed by atoms with Crippen LogP contribution >= 0.6 is 0 Å². The number of nitro groups is 1. The maximum atomic E-state index is 13.8. The van der Waals surface area contributed by atoms with E-state index in [4.69, 9.17) is 9.84 Å². The Morgan fingerprint density at radius 2 is 2.10 bits per heavy atom. The van der Waals surface area contributed by atoms with Gasteiger partial charge in [0.25, 0.3) is 5.69 Å². The molecule has 0 spiro atoms. The van der Waals surface area contributed by atoms with Crippen LogP contribution in [0.4, 0.5) is 10.1 Å². The molecule has 2 aromatic carbocycles. The second-order valence-electron chi connectivity index (χ2n) is 4.19. The first-order valence-corrected chi connectivity index (χ1v) is 5.84. The van der Waals surface area contributed by atoms with Gasteiger partial charge in [0.05, 0.1) is 17.1 Å². The number of benzene rings is 2. The smallest absolute Gasteiger partial charge is 0.275 e. The summed E-state index contributed by atoms with van der Waals surface area (Å²) in [5.41, 5.74) is 0.344. The molecule has 0 aromatic heterocycles. The van der Waals surface area contributed by atoms with E-state index in [0.717, 1.165) is 0 Å². The zero-order valence-corrected chi connectivity index (χ0v) is 10.7. The molecule has 20 heavy (non-hydrogen) atoms. The van der Waals surface area contributed by atoms with Crippen LogP contribution < -0.4 is 4.74 Å². The third-order valence-electron chi connectivity index (χ3n) is 2.80. The number of nitrogens with zero attached hydrogens (tertiary/aromatic N) is 1. The van der Waals surface area contributed by atoms with Crippen LogP contribution in [0.2, 0.25) is 0 Å². The van der Waals surface area contributed by atoms with Gasteiger partial charge in [0.1, 0.15) is 5.75 Å². The molecule has 0 aliphatic rings. The predicted molar refractivity (Wildman–Crippen MR) is 70.2 cm³/mol. The molecular weight excluding hydrogens is 265 g/mol. The van der Waals surface area contributed by atoms with Crippen LogP contribution in [0.15, 0.2) is 36.4 Å². The number of ether oxygens (including phenoxy) is 1. The molecule has 0 saturated carbocycles. The summed E-state index contributed by atoms with van der Waals surface area (Å²) in [6.45, 7) is 1.11. The highest BCUT2D eigenvalue weighted by Gasteiger charge is 2.15. The van der Waals surface area contributed by atoms with E-state index in [2.05, 4.69) is 0 Å². The second-order valence-corrected chi connectivity index (χ2v) is 4.19. The number of hydrogen-bond donors (Lipinski definition) is 1. The summed E-state index contributed by atoms with van der Waals surface area (Å²) < 4.78 is 19.2. The van der Waals surface area contributed by atoms with E-state index >= 15 is 0 Å². The van der Waals surface area contributed by atoms with Crippen LogP contribution in [0.5, 0.6) is 11.5 Å². The lowest BCUT2D eigenvalue weighted by atomic mass is 10.2. The van der Waals surface area contributed by atoms with E-state index in [9.17, 15) is 14.5 Å². The fourth-order valence-electron chi connectivity index (χ4n) is 1.76. The number of hydrogen-bond acceptors (Lipinski definition) is 4. The lowest BCUT2D eigenvalue weighted by molar-refractivity contribution is -0.385. The van der Waals surface area contributed by atoms with Gasteiger partial charge in [-0.2, -0.15) is 0 Å². The molecule has 0 saturated heterocycles. The van der Waals surface area contributed by atoms with Crippen molar-refractivity contribution in [1.82, 2.24) is 0 Å². The van der Waals surface area contributed by atoms with Crippen LogP contribution in [-0.2, 0) is 6.61 Å². The van der Waals surface area contributed by atoms with Crippen LogP contribution in [0, 0.1) is 22.9 Å². The Morgan fingerprint density at radius 3 is 2.75 bits per heavy atom. The molecule has 0 aliphatic carbocycles. The summed E-state index contributed by atoms with van der Waals surface area (Å²) in [7, 11) is 0. The van der Waals surface area contributed by atoms with E-state index in [1.54, 1.807) is 19.1 Å². The summed E-state index contributed by atoms with van der Waals surface area (Å²) in [5.74, 6) is -0.233. The third kappa shape index (κ3) is 2.75. The van der Waals surface area contributed by atoms with Crippen molar-refractivity contribution in [2.45, 2.75) is 13.5 Å². The Balaban J connectivity index is 2.35. The van der Waals surface area contributed by atoms with Gasteiger partial charge in [-0.3, -0.25) is 10.1 Å². The Labute approximate surface area is 114 Å². The number of nitro benzene ring substituents is 1. The van der Waals surface area contributed by atoms with E-state index in [1.807, 2.05) is 0 Å². The van der Waals surface area contributed by atoms with Gasteiger partial charge < -0.3 is 9.84 Å². The number of aliphatic hydroxyl groups excluding tert-OH is 1. The molecule has 2 rings (SSSR count). The molecule has 0 radical (unpaired) electrons. The van der Waals surface area contributed by atoms with Crippen LogP contribution in [0.1, 0.15) is 11.1 Å². The minimum atomic E-state index is -0.595. The van der Waals surface area contributed by atoms with Crippen molar-refractivity contribution < 1.29 is 19.2 Å². The SMILES string of the molecule is Cc1cccc(Oc2ccc([N+](=O)[O-])c(CO)c2)c1F. The van der Waals surface area contributed by atoms with Gasteiger partial charge in [-0.15, -0.1) is 0 Å². The third-order valence-corrected chi connectivity index (χ3v) is 2.80. The summed E-state index contributed by atoms with van der Waals surface area (Å²) in [6, 6.07) is 8.61. The van der Waals surface area contributed by atoms with Crippen molar-refractivity contribution in [2.24, 2.45) is 0 Å². The number of aliphatic hydroxyl groups is 1. The van der Waals surface area contributed by atoms with Gasteiger partial charge in [-0.1, -0.05) is 12.1 Å². The maximum absolute atomic E-state index is 13.8. The zero-order valence-electron chi connectivity index (χ0n) is 10.7. The van der Waals surface area contributed by atoms with Crippen molar-refractivity contribution in [3.05, 3.63) is 63.5 Å². The highest BCUT2D eigenvalue weighted by Crippen LogP contribution is 2.29. The first-order chi connectivity index (χ1) is 9.52. The van der Waals surface area contributed by atoms with Crippen LogP contribution in [0.25, 0.3) is 0 Å². The minimum Gasteiger partial charge on any atom is -0.454 e. The summed E-state index contributed by atoms with van der Waals surface area (Å²) in [4.78, 5) is 10.1. The molecule has 0 bridgehead atoms. The predicted octanol–water partition coefficient (Wildman–Crippen LogP) is 3.33. The molecule has 0 amide bonds. The molecule has 0 heterocycles. The number of rotatable bonds is 4. The van der Waals surface area contributed by atoms with Crippen LogP contribution in [0.3, 0.4) is 0 Å². The molecule has 6 heteroatoms. The molecule has 0 fully saturated rings. The topological polar surface area (TPSA) is 72.6 Å². The highest BCUT2D eigenvalue weighted by atomic mass is 19.1. The van der Waals surface area contributed by atoms with Crippen molar-refractivity contribution in [3.63, 3.8) is 0 Å². The standard InChI is InChI=1S/C14H12FNO4/c1-9-3-2-4-13(14(9)15)20-11-5-6-12(16(18)19)10(7-11)8-17/h2-7,17H,8H2,1H3. The van der Waals surface area contributed by atoms with Gasteiger partial charge in [-0.05, 0) is 30.7 Å². The zero-order chi connectivity index (χ0) is 14.7. The first-order valence-electron chi connectivity index (χ1n) is 5.84. The average molecular weight is 277 g/mol. The molecule has 2 aromatic rings. The van der Waals surface area contributed by atoms with Gasteiger partial charge in [0.15, 0.2) is 11.6 Å². The normalized spacial score (nSPS) is 10.3. The van der Waals surface area contributed by atoms with Gasteiger partial charge >= 0.3 is 0 Å². The molecule has 0 atom stereocenters. The fraction of sp³-hybridized carbons (Fsp3) is 0.143. The Kier molecular flexibility index (Phi) is 3.95. The Bertz CT molecular complexity index is 658. The minimum absolute atomic E-state index is 0.0303. The molecular formula is C14H12FNO4. The molecule has 0 aliphatic heterocycles. The largest absolute Gasteiger partial charge is 0.454 e. The highest BCUT2D eigenvalue weighted by molar-refractivity contribution is 5.46. The lowest BCUT2D eigenvalue weighted by Crippen LogP contribution is -1.97. The van der Waals surface area contributed by atoms with Crippen molar-refractivity contribution >= 4 is 5.69 Å². The van der Waals surface area contributed by atoms with Gasteiger partial charge in [0.2, 0.25) is 0 Å². The van der Waals surface area contributed by atoms with E-state index in [0.29, 0.717) is 5.56 Å². The number of aryl methyl sites for hydroxylation is 1. The summed E-state index contributed by atoms with van der Waals surface area (Å²) in [6.07, 6.45) is 0. The van der Waals surface area contributed by atoms with Gasteiger partial charge in [0, 0.05) is 6.07 Å². The van der Waals surface area contributed by atoms with Crippen LogP contribution in [-0.4, -0.2) is 10.0 Å². The van der Waals surface area contributed by atoms with E-state index < -0.39 is 17.3 Å². The quantitative estimate of drug-likeness (QED) is 0.687. The Hall–Kier alpha value is -2.47. The summed E-state index contributed by atoms with van der Waals surface area (Å²) in [5, 5.41) is 19.9. The molecule has 1 N–H and O–H groups in total. The second kappa shape index (κ2) is 5.66. The van der Waals surface area contributed by atoms with Crippen molar-refractivity contribution in [3.8, 4) is 11.5 Å². The molecule has 0 unspecified atom stereocenters. The molecule has 5 nitrogen and oxygen atoms in total. The van der Waals surface area contributed by atoms with E-state index in [-0.39, 0.29) is 22.7 Å². The van der Waals surface area contributed by atoms with Crippen molar-refractivity contribution in [1.29, 1.82) is 0 Å². The lowest BCUT2D eigenvalue weighted by Gasteiger charge is -2.09. The first kappa shape index (κ1) is 14.0. The monoisotopic (exact) mass is 277 g/mol. The maximum Gasteiger partial charge on any atom is 0.275 e. The summed E-state index contributed by atoms with van der Waals surface area (Å²) >= 11 is 0. The van der Waals surface area contributed by atoms with Crippen molar-refractivity contribution in [2.75, 3.05) is 0 Å². The molecule has 104 valence electrons. The Morgan fingerprint density at radius 1 is 1.35 bits per heavy atom.